The zero-order chi connectivity index (χ0) is 23.3. The molecule has 7 nitrogen and oxygen atoms in total. The molecular weight excluding hydrogens is 430 g/mol. The van der Waals surface area contributed by atoms with Gasteiger partial charge in [0.15, 0.2) is 11.5 Å². The molecule has 0 aromatic heterocycles. The van der Waals surface area contributed by atoms with E-state index in [1.165, 1.54) is 20.3 Å². The lowest BCUT2D eigenvalue weighted by molar-refractivity contribution is 0.229. The lowest BCUT2D eigenvalue weighted by Crippen LogP contribution is -2.38. The third kappa shape index (κ3) is 5.30. The van der Waals surface area contributed by atoms with E-state index in [4.69, 9.17) is 18.9 Å². The molecule has 0 aliphatic heterocycles. The number of methoxy groups -OCH3 is 3. The topological polar surface area (TPSA) is 74.3 Å². The van der Waals surface area contributed by atoms with Crippen LogP contribution >= 0.6 is 0 Å². The van der Waals surface area contributed by atoms with Gasteiger partial charge in [-0.05, 0) is 56.5 Å². The van der Waals surface area contributed by atoms with Gasteiger partial charge in [-0.2, -0.15) is 4.31 Å². The Morgan fingerprint density at radius 2 is 1.56 bits per heavy atom. The van der Waals surface area contributed by atoms with Crippen LogP contribution in [-0.4, -0.2) is 46.2 Å². The van der Waals surface area contributed by atoms with E-state index in [1.807, 2.05) is 32.0 Å². The summed E-state index contributed by atoms with van der Waals surface area (Å²) in [7, 11) is 0.723. The predicted molar refractivity (Wildman–Crippen MR) is 123 cm³/mol. The molecule has 1 aliphatic carbocycles. The molecule has 3 rings (SSSR count). The fourth-order valence-corrected chi connectivity index (χ4v) is 5.91. The molecule has 0 spiro atoms. The van der Waals surface area contributed by atoms with Crippen LogP contribution in [0.1, 0.15) is 45.1 Å². The van der Waals surface area contributed by atoms with Gasteiger partial charge < -0.3 is 18.9 Å². The van der Waals surface area contributed by atoms with E-state index >= 15 is 0 Å². The first-order chi connectivity index (χ1) is 15.3. The summed E-state index contributed by atoms with van der Waals surface area (Å²) in [6.07, 6.45) is 3.65. The molecule has 0 saturated heterocycles. The maximum Gasteiger partial charge on any atom is 0.247 e. The molecule has 2 aromatic carbocycles. The highest BCUT2D eigenvalue weighted by Gasteiger charge is 2.35. The molecule has 1 aliphatic rings. The zero-order valence-electron chi connectivity index (χ0n) is 19.5. The van der Waals surface area contributed by atoms with Crippen LogP contribution in [-0.2, 0) is 16.6 Å². The maximum atomic E-state index is 13.9. The van der Waals surface area contributed by atoms with Crippen LogP contribution in [0.3, 0.4) is 0 Å². The number of ether oxygens (including phenoxy) is 4. The SMILES string of the molecule is COc1ccc(OC)c(S(=O)(=O)N(Cc2ccc(OC)c(OC(C)C)c2)C2CCCC2)c1. The van der Waals surface area contributed by atoms with Gasteiger partial charge in [0.05, 0.1) is 27.4 Å². The van der Waals surface area contributed by atoms with Gasteiger partial charge in [0.1, 0.15) is 16.4 Å². The standard InChI is InChI=1S/C24H33NO6S/c1-17(2)31-23-14-18(10-12-21(23)29-4)16-25(19-8-6-7-9-19)32(26,27)24-15-20(28-3)11-13-22(24)30-5/h10-15,17,19H,6-9,16H2,1-5H3. The van der Waals surface area contributed by atoms with Gasteiger partial charge in [0, 0.05) is 18.7 Å². The minimum absolute atomic E-state index is 0.0325. The second-order valence-electron chi connectivity index (χ2n) is 8.16. The van der Waals surface area contributed by atoms with E-state index < -0.39 is 10.0 Å². The number of benzene rings is 2. The van der Waals surface area contributed by atoms with Crippen LogP contribution in [0.5, 0.6) is 23.0 Å². The van der Waals surface area contributed by atoms with Crippen molar-refractivity contribution in [1.29, 1.82) is 0 Å². The molecule has 0 heterocycles. The first-order valence-corrected chi connectivity index (χ1v) is 12.3. The average Bonchev–Trinajstić information content (AvgIpc) is 3.31. The van der Waals surface area contributed by atoms with Crippen LogP contribution in [0.15, 0.2) is 41.3 Å². The van der Waals surface area contributed by atoms with Crippen molar-refractivity contribution in [2.45, 2.75) is 63.1 Å². The summed E-state index contributed by atoms with van der Waals surface area (Å²) in [5.41, 5.74) is 0.832. The molecule has 0 bridgehead atoms. The number of rotatable bonds is 10. The molecule has 1 saturated carbocycles. The predicted octanol–water partition coefficient (Wildman–Crippen LogP) is 4.63. The Kier molecular flexibility index (Phi) is 7.90. The highest BCUT2D eigenvalue weighted by Crippen LogP contribution is 2.37. The lowest BCUT2D eigenvalue weighted by atomic mass is 10.1. The van der Waals surface area contributed by atoms with Crippen molar-refractivity contribution in [2.24, 2.45) is 0 Å². The minimum Gasteiger partial charge on any atom is -0.497 e. The molecule has 0 radical (unpaired) electrons. The Morgan fingerprint density at radius 3 is 2.16 bits per heavy atom. The average molecular weight is 464 g/mol. The first kappa shape index (κ1) is 24.2. The molecule has 8 heteroatoms. The van der Waals surface area contributed by atoms with E-state index in [1.54, 1.807) is 23.5 Å². The summed E-state index contributed by atoms with van der Waals surface area (Å²) in [6, 6.07) is 10.3. The quantitative estimate of drug-likeness (QED) is 0.511. The lowest BCUT2D eigenvalue weighted by Gasteiger charge is -2.29. The number of hydrogen-bond donors (Lipinski definition) is 0. The smallest absolute Gasteiger partial charge is 0.247 e. The third-order valence-corrected chi connectivity index (χ3v) is 7.54. The Morgan fingerprint density at radius 1 is 0.906 bits per heavy atom. The largest absolute Gasteiger partial charge is 0.497 e. The molecule has 0 unspecified atom stereocenters. The van der Waals surface area contributed by atoms with Gasteiger partial charge in [0.25, 0.3) is 0 Å². The van der Waals surface area contributed by atoms with Crippen molar-refractivity contribution in [3.05, 3.63) is 42.0 Å². The zero-order valence-corrected chi connectivity index (χ0v) is 20.3. The van der Waals surface area contributed by atoms with Crippen molar-refractivity contribution in [3.63, 3.8) is 0 Å². The van der Waals surface area contributed by atoms with Gasteiger partial charge in [0.2, 0.25) is 10.0 Å². The van der Waals surface area contributed by atoms with Crippen LogP contribution < -0.4 is 18.9 Å². The van der Waals surface area contributed by atoms with Crippen LogP contribution in [0.2, 0.25) is 0 Å². The van der Waals surface area contributed by atoms with Crippen molar-refractivity contribution in [1.82, 2.24) is 4.31 Å². The van der Waals surface area contributed by atoms with E-state index in [0.717, 1.165) is 31.2 Å². The molecule has 0 atom stereocenters. The second kappa shape index (κ2) is 10.4. The van der Waals surface area contributed by atoms with Gasteiger partial charge >= 0.3 is 0 Å². The molecule has 32 heavy (non-hydrogen) atoms. The third-order valence-electron chi connectivity index (χ3n) is 5.62. The first-order valence-electron chi connectivity index (χ1n) is 10.9. The molecule has 1 fully saturated rings. The molecule has 176 valence electrons. The number of hydrogen-bond acceptors (Lipinski definition) is 6. The molecule has 0 N–H and O–H groups in total. The Balaban J connectivity index is 2.03. The Bertz CT molecular complexity index is 1020. The summed E-state index contributed by atoms with van der Waals surface area (Å²) in [4.78, 5) is 0.110. The molecule has 0 amide bonds. The van der Waals surface area contributed by atoms with E-state index in [2.05, 4.69) is 0 Å². The van der Waals surface area contributed by atoms with Crippen LogP contribution in [0.4, 0.5) is 0 Å². The van der Waals surface area contributed by atoms with Gasteiger partial charge in [-0.1, -0.05) is 18.9 Å². The monoisotopic (exact) mass is 463 g/mol. The van der Waals surface area contributed by atoms with Crippen LogP contribution in [0.25, 0.3) is 0 Å². The summed E-state index contributed by atoms with van der Waals surface area (Å²) in [5, 5.41) is 0. The van der Waals surface area contributed by atoms with Crippen molar-refractivity contribution in [2.75, 3.05) is 21.3 Å². The Hall–Kier alpha value is -2.45. The maximum absolute atomic E-state index is 13.9. The van der Waals surface area contributed by atoms with E-state index in [0.29, 0.717) is 23.0 Å². The van der Waals surface area contributed by atoms with Gasteiger partial charge in [-0.15, -0.1) is 0 Å². The number of nitrogens with zero attached hydrogens (tertiary/aromatic N) is 1. The van der Waals surface area contributed by atoms with Crippen molar-refractivity contribution < 1.29 is 27.4 Å². The van der Waals surface area contributed by atoms with Crippen LogP contribution in [0, 0.1) is 0 Å². The fraction of sp³-hybridized carbons (Fsp3) is 0.500. The van der Waals surface area contributed by atoms with E-state index in [9.17, 15) is 8.42 Å². The minimum atomic E-state index is -3.85. The summed E-state index contributed by atoms with van der Waals surface area (Å²) < 4.78 is 51.4. The molecule has 2 aromatic rings. The Labute approximate surface area is 191 Å². The second-order valence-corrected chi connectivity index (χ2v) is 10.0. The van der Waals surface area contributed by atoms with E-state index in [-0.39, 0.29) is 23.6 Å². The summed E-state index contributed by atoms with van der Waals surface area (Å²) in [5.74, 6) is 1.98. The highest BCUT2D eigenvalue weighted by atomic mass is 32.2. The summed E-state index contributed by atoms with van der Waals surface area (Å²) >= 11 is 0. The van der Waals surface area contributed by atoms with Gasteiger partial charge in [-0.25, -0.2) is 8.42 Å². The van der Waals surface area contributed by atoms with Crippen molar-refractivity contribution in [3.8, 4) is 23.0 Å². The normalized spacial score (nSPS) is 14.7. The van der Waals surface area contributed by atoms with Crippen molar-refractivity contribution >= 4 is 10.0 Å². The summed E-state index contributed by atoms with van der Waals surface area (Å²) in [6.45, 7) is 4.11. The molecular formula is C24H33NO6S. The fourth-order valence-electron chi connectivity index (χ4n) is 4.06. The highest BCUT2D eigenvalue weighted by molar-refractivity contribution is 7.89. The van der Waals surface area contributed by atoms with Gasteiger partial charge in [-0.3, -0.25) is 0 Å². The number of sulfonamides is 1.